The van der Waals surface area contributed by atoms with E-state index >= 15 is 0 Å². The van der Waals surface area contributed by atoms with Gasteiger partial charge in [0.15, 0.2) is 0 Å². The van der Waals surface area contributed by atoms with Gasteiger partial charge in [-0.15, -0.1) is 0 Å². The summed E-state index contributed by atoms with van der Waals surface area (Å²) in [7, 11) is 0. The summed E-state index contributed by atoms with van der Waals surface area (Å²) in [5.74, 6) is -0.871. The van der Waals surface area contributed by atoms with Crippen LogP contribution in [0.1, 0.15) is 42.2 Å². The van der Waals surface area contributed by atoms with Crippen molar-refractivity contribution in [1.29, 1.82) is 0 Å². The molecule has 0 heterocycles. The lowest BCUT2D eigenvalue weighted by atomic mass is 9.96. The Labute approximate surface area is 157 Å². The van der Waals surface area contributed by atoms with Crippen LogP contribution in [0.4, 0.5) is 4.39 Å². The summed E-state index contributed by atoms with van der Waals surface area (Å²) in [4.78, 5) is 24.3. The maximum absolute atomic E-state index is 13.0. The van der Waals surface area contributed by atoms with Gasteiger partial charge >= 0.3 is 0 Å². The molecule has 2 amide bonds. The van der Waals surface area contributed by atoms with Gasteiger partial charge in [0.2, 0.25) is 5.91 Å². The zero-order valence-electron chi connectivity index (χ0n) is 14.8. The lowest BCUT2D eigenvalue weighted by Crippen LogP contribution is -2.34. The van der Waals surface area contributed by atoms with E-state index in [1.165, 1.54) is 12.1 Å². The van der Waals surface area contributed by atoms with Crippen LogP contribution in [0, 0.1) is 11.7 Å². The van der Waals surface area contributed by atoms with Gasteiger partial charge in [-0.2, -0.15) is 0 Å². The molecule has 1 atom stereocenters. The standard InChI is InChI=1S/C20H22ClFN2O2/c1-13(2)19(14-6-4-3-5-7-14)24-18(25)10-11-23-20(26)16-9-8-15(22)12-17(16)21/h3-9,12-13,19H,10-11H2,1-2H3,(H,23,26)(H,24,25). The molecule has 2 rings (SSSR count). The molecule has 0 radical (unpaired) electrons. The first-order valence-electron chi connectivity index (χ1n) is 8.46. The van der Waals surface area contributed by atoms with Crippen molar-refractivity contribution in [3.05, 3.63) is 70.5 Å². The highest BCUT2D eigenvalue weighted by atomic mass is 35.5. The number of halogens is 2. The van der Waals surface area contributed by atoms with Gasteiger partial charge in [-0.05, 0) is 29.7 Å². The van der Waals surface area contributed by atoms with Crippen molar-refractivity contribution in [2.75, 3.05) is 6.54 Å². The minimum absolute atomic E-state index is 0.0379. The fourth-order valence-electron chi connectivity index (χ4n) is 2.60. The maximum Gasteiger partial charge on any atom is 0.252 e. The molecule has 0 spiro atoms. The third-order valence-electron chi connectivity index (χ3n) is 3.96. The lowest BCUT2D eigenvalue weighted by molar-refractivity contribution is -0.122. The van der Waals surface area contributed by atoms with Crippen LogP contribution < -0.4 is 10.6 Å². The SMILES string of the molecule is CC(C)C(NC(=O)CCNC(=O)c1ccc(F)cc1Cl)c1ccccc1. The van der Waals surface area contributed by atoms with E-state index in [4.69, 9.17) is 11.6 Å². The Balaban J connectivity index is 1.87. The number of amides is 2. The average Bonchev–Trinajstić information content (AvgIpc) is 2.60. The fraction of sp³-hybridized carbons (Fsp3) is 0.300. The Morgan fingerprint density at radius 3 is 2.42 bits per heavy atom. The Hall–Kier alpha value is -2.40. The minimum Gasteiger partial charge on any atom is -0.351 e. The lowest BCUT2D eigenvalue weighted by Gasteiger charge is -2.23. The first kappa shape index (κ1) is 19.9. The van der Waals surface area contributed by atoms with Crippen LogP contribution in [0.25, 0.3) is 0 Å². The predicted octanol–water partition coefficient (Wildman–Crippen LogP) is 4.11. The van der Waals surface area contributed by atoms with Crippen molar-refractivity contribution >= 4 is 23.4 Å². The van der Waals surface area contributed by atoms with E-state index in [1.54, 1.807) is 0 Å². The molecule has 0 saturated heterocycles. The van der Waals surface area contributed by atoms with E-state index in [0.29, 0.717) is 0 Å². The van der Waals surface area contributed by atoms with Crippen molar-refractivity contribution in [2.24, 2.45) is 5.92 Å². The van der Waals surface area contributed by atoms with Crippen LogP contribution in [-0.2, 0) is 4.79 Å². The highest BCUT2D eigenvalue weighted by Gasteiger charge is 2.18. The van der Waals surface area contributed by atoms with Crippen LogP contribution in [-0.4, -0.2) is 18.4 Å². The third kappa shape index (κ3) is 5.56. The molecule has 6 heteroatoms. The number of carbonyl (C=O) groups excluding carboxylic acids is 2. The zero-order chi connectivity index (χ0) is 19.1. The summed E-state index contributed by atoms with van der Waals surface area (Å²) in [6, 6.07) is 13.2. The highest BCUT2D eigenvalue weighted by Crippen LogP contribution is 2.21. The Kier molecular flexibility index (Phi) is 7.16. The van der Waals surface area contributed by atoms with Crippen LogP contribution in [0.5, 0.6) is 0 Å². The molecular formula is C20H22ClFN2O2. The average molecular weight is 377 g/mol. The van der Waals surface area contributed by atoms with Crippen molar-refractivity contribution < 1.29 is 14.0 Å². The van der Waals surface area contributed by atoms with Crippen LogP contribution in [0.3, 0.4) is 0 Å². The fourth-order valence-corrected chi connectivity index (χ4v) is 2.85. The van der Waals surface area contributed by atoms with Gasteiger partial charge in [-0.1, -0.05) is 55.8 Å². The van der Waals surface area contributed by atoms with Crippen molar-refractivity contribution in [3.8, 4) is 0 Å². The van der Waals surface area contributed by atoms with E-state index in [-0.39, 0.29) is 41.4 Å². The Morgan fingerprint density at radius 2 is 1.81 bits per heavy atom. The van der Waals surface area contributed by atoms with Crippen LogP contribution >= 0.6 is 11.6 Å². The summed E-state index contributed by atoms with van der Waals surface area (Å²) in [6.07, 6.45) is 0.139. The summed E-state index contributed by atoms with van der Waals surface area (Å²) >= 11 is 5.86. The summed E-state index contributed by atoms with van der Waals surface area (Å²) in [5, 5.41) is 5.66. The number of rotatable bonds is 7. The molecule has 0 saturated carbocycles. The van der Waals surface area contributed by atoms with E-state index in [2.05, 4.69) is 10.6 Å². The first-order valence-corrected chi connectivity index (χ1v) is 8.84. The summed E-state index contributed by atoms with van der Waals surface area (Å²) in [5.41, 5.74) is 1.22. The van der Waals surface area contributed by atoms with E-state index < -0.39 is 11.7 Å². The van der Waals surface area contributed by atoms with Crippen molar-refractivity contribution in [1.82, 2.24) is 10.6 Å². The molecule has 2 aromatic carbocycles. The van der Waals surface area contributed by atoms with Crippen molar-refractivity contribution in [3.63, 3.8) is 0 Å². The van der Waals surface area contributed by atoms with Gasteiger partial charge in [-0.25, -0.2) is 4.39 Å². The Bertz CT molecular complexity index is 766. The van der Waals surface area contributed by atoms with Gasteiger partial charge in [0.1, 0.15) is 5.82 Å². The van der Waals surface area contributed by atoms with Gasteiger partial charge < -0.3 is 10.6 Å². The molecule has 26 heavy (non-hydrogen) atoms. The van der Waals surface area contributed by atoms with Crippen LogP contribution in [0.15, 0.2) is 48.5 Å². The minimum atomic E-state index is -0.508. The molecule has 2 N–H and O–H groups in total. The smallest absolute Gasteiger partial charge is 0.252 e. The van der Waals surface area contributed by atoms with E-state index in [1.807, 2.05) is 44.2 Å². The van der Waals surface area contributed by atoms with Crippen LogP contribution in [0.2, 0.25) is 5.02 Å². The second-order valence-electron chi connectivity index (χ2n) is 6.33. The second kappa shape index (κ2) is 9.34. The van der Waals surface area contributed by atoms with Gasteiger partial charge in [0.05, 0.1) is 16.6 Å². The van der Waals surface area contributed by atoms with Crippen molar-refractivity contribution in [2.45, 2.75) is 26.3 Å². The quantitative estimate of drug-likeness (QED) is 0.763. The third-order valence-corrected chi connectivity index (χ3v) is 4.27. The van der Waals surface area contributed by atoms with Gasteiger partial charge in [0.25, 0.3) is 5.91 Å². The second-order valence-corrected chi connectivity index (χ2v) is 6.74. The Morgan fingerprint density at radius 1 is 1.12 bits per heavy atom. The van der Waals surface area contributed by atoms with E-state index in [9.17, 15) is 14.0 Å². The molecule has 0 aromatic heterocycles. The molecule has 138 valence electrons. The molecule has 1 unspecified atom stereocenters. The zero-order valence-corrected chi connectivity index (χ0v) is 15.5. The highest BCUT2D eigenvalue weighted by molar-refractivity contribution is 6.33. The normalized spacial score (nSPS) is 11.9. The molecule has 0 fully saturated rings. The first-order chi connectivity index (χ1) is 12.4. The topological polar surface area (TPSA) is 58.2 Å². The number of hydrogen-bond donors (Lipinski definition) is 2. The number of benzene rings is 2. The molecule has 4 nitrogen and oxygen atoms in total. The monoisotopic (exact) mass is 376 g/mol. The molecule has 2 aromatic rings. The predicted molar refractivity (Wildman–Crippen MR) is 101 cm³/mol. The largest absolute Gasteiger partial charge is 0.351 e. The van der Waals surface area contributed by atoms with Gasteiger partial charge in [0, 0.05) is 13.0 Å². The summed E-state index contributed by atoms with van der Waals surface area (Å²) < 4.78 is 13.0. The number of carbonyl (C=O) groups is 2. The molecule has 0 aliphatic rings. The molecule has 0 aliphatic heterocycles. The van der Waals surface area contributed by atoms with Gasteiger partial charge in [-0.3, -0.25) is 9.59 Å². The maximum atomic E-state index is 13.0. The molecule has 0 aliphatic carbocycles. The molecular weight excluding hydrogens is 355 g/mol. The molecule has 0 bridgehead atoms. The summed E-state index contributed by atoms with van der Waals surface area (Å²) in [6.45, 7) is 4.24. The number of hydrogen-bond acceptors (Lipinski definition) is 2. The number of nitrogens with one attached hydrogen (secondary N) is 2. The van der Waals surface area contributed by atoms with E-state index in [0.717, 1.165) is 11.6 Å².